The lowest BCUT2D eigenvalue weighted by molar-refractivity contribution is 0.555. The molecule has 0 unspecified atom stereocenters. The molecule has 21 heavy (non-hydrogen) atoms. The predicted octanol–water partition coefficient (Wildman–Crippen LogP) is 4.72. The predicted molar refractivity (Wildman–Crippen MR) is 93.1 cm³/mol. The molecule has 0 aliphatic rings. The first-order valence-electron chi connectivity index (χ1n) is 7.83. The van der Waals surface area contributed by atoms with Gasteiger partial charge < -0.3 is 5.32 Å². The second-order valence-corrected chi connectivity index (χ2v) is 7.31. The zero-order valence-electron chi connectivity index (χ0n) is 13.5. The summed E-state index contributed by atoms with van der Waals surface area (Å²) < 4.78 is 0. The molecule has 2 nitrogen and oxygen atoms in total. The summed E-state index contributed by atoms with van der Waals surface area (Å²) in [6, 6.07) is 10.5. The van der Waals surface area contributed by atoms with Crippen molar-refractivity contribution in [3.8, 4) is 11.3 Å². The first kappa shape index (κ1) is 16.2. The molecule has 0 atom stereocenters. The van der Waals surface area contributed by atoms with Crippen LogP contribution >= 0.6 is 11.3 Å². The quantitative estimate of drug-likeness (QED) is 0.748. The zero-order chi connectivity index (χ0) is 15.2. The third kappa shape index (κ3) is 4.65. The maximum absolute atomic E-state index is 4.88. The van der Waals surface area contributed by atoms with E-state index in [1.807, 2.05) is 11.3 Å². The summed E-state index contributed by atoms with van der Waals surface area (Å²) in [5.74, 6) is 1.20. The molecule has 1 aromatic carbocycles. The van der Waals surface area contributed by atoms with Crippen LogP contribution in [0.15, 0.2) is 30.3 Å². The molecule has 1 heterocycles. The minimum Gasteiger partial charge on any atom is -0.316 e. The number of hydrogen-bond donors (Lipinski definition) is 1. The van der Waals surface area contributed by atoms with Gasteiger partial charge in [0.15, 0.2) is 0 Å². The largest absolute Gasteiger partial charge is 0.316 e. The van der Waals surface area contributed by atoms with Gasteiger partial charge in [0.2, 0.25) is 0 Å². The van der Waals surface area contributed by atoms with Crippen molar-refractivity contribution >= 4 is 11.3 Å². The molecule has 0 bridgehead atoms. The van der Waals surface area contributed by atoms with Crippen LogP contribution in [0, 0.1) is 5.92 Å². The molecule has 0 spiro atoms. The lowest BCUT2D eigenvalue weighted by atomic mass is 10.1. The maximum atomic E-state index is 4.88. The van der Waals surface area contributed by atoms with Gasteiger partial charge in [-0.25, -0.2) is 4.98 Å². The molecule has 114 valence electrons. The fraction of sp³-hybridized carbons (Fsp3) is 0.500. The van der Waals surface area contributed by atoms with Crippen molar-refractivity contribution < 1.29 is 0 Å². The Morgan fingerprint density at radius 1 is 1.10 bits per heavy atom. The molecule has 1 aromatic heterocycles. The highest BCUT2D eigenvalue weighted by molar-refractivity contribution is 7.12. The fourth-order valence-electron chi connectivity index (χ4n) is 2.20. The summed E-state index contributed by atoms with van der Waals surface area (Å²) in [6.07, 6.45) is 1.06. The molecule has 0 saturated carbocycles. The Kier molecular flexibility index (Phi) is 5.95. The highest BCUT2D eigenvalue weighted by Crippen LogP contribution is 2.31. The van der Waals surface area contributed by atoms with Crippen molar-refractivity contribution in [1.29, 1.82) is 0 Å². The van der Waals surface area contributed by atoms with Gasteiger partial charge >= 0.3 is 0 Å². The van der Waals surface area contributed by atoms with E-state index >= 15 is 0 Å². The van der Waals surface area contributed by atoms with Crippen LogP contribution in [-0.4, -0.2) is 18.1 Å². The Bertz CT molecular complexity index is 544. The van der Waals surface area contributed by atoms with Crippen LogP contribution in [0.5, 0.6) is 0 Å². The lowest BCUT2D eigenvalue weighted by Gasteiger charge is -2.07. The van der Waals surface area contributed by atoms with Crippen LogP contribution < -0.4 is 5.32 Å². The van der Waals surface area contributed by atoms with Gasteiger partial charge in [-0.15, -0.1) is 11.3 Å². The van der Waals surface area contributed by atoms with E-state index in [4.69, 9.17) is 4.98 Å². The monoisotopic (exact) mass is 302 g/mol. The van der Waals surface area contributed by atoms with Crippen LogP contribution in [0.3, 0.4) is 0 Å². The van der Waals surface area contributed by atoms with Crippen LogP contribution in [0.1, 0.15) is 43.5 Å². The van der Waals surface area contributed by atoms with E-state index in [0.717, 1.165) is 19.5 Å². The lowest BCUT2D eigenvalue weighted by Crippen LogP contribution is -2.22. The Morgan fingerprint density at radius 3 is 2.43 bits per heavy atom. The van der Waals surface area contributed by atoms with Crippen LogP contribution in [-0.2, 0) is 6.42 Å². The molecule has 0 fully saturated rings. The van der Waals surface area contributed by atoms with E-state index in [-0.39, 0.29) is 0 Å². The van der Waals surface area contributed by atoms with Gasteiger partial charge in [-0.2, -0.15) is 0 Å². The number of benzene rings is 1. The number of thiazole rings is 1. The van der Waals surface area contributed by atoms with Crippen LogP contribution in [0.25, 0.3) is 11.3 Å². The number of nitrogens with zero attached hydrogens (tertiary/aromatic N) is 1. The number of hydrogen-bond acceptors (Lipinski definition) is 3. The summed E-state index contributed by atoms with van der Waals surface area (Å²) in [6.45, 7) is 11.0. The highest BCUT2D eigenvalue weighted by atomic mass is 32.1. The van der Waals surface area contributed by atoms with E-state index < -0.39 is 0 Å². The molecule has 0 radical (unpaired) electrons. The highest BCUT2D eigenvalue weighted by Gasteiger charge is 2.14. The Balaban J connectivity index is 2.15. The fourth-order valence-corrected chi connectivity index (χ4v) is 3.29. The zero-order valence-corrected chi connectivity index (χ0v) is 14.3. The van der Waals surface area contributed by atoms with Crippen molar-refractivity contribution in [2.75, 3.05) is 13.1 Å². The second-order valence-electron chi connectivity index (χ2n) is 6.19. The van der Waals surface area contributed by atoms with Crippen molar-refractivity contribution in [3.05, 3.63) is 40.2 Å². The van der Waals surface area contributed by atoms with Crippen LogP contribution in [0.2, 0.25) is 0 Å². The van der Waals surface area contributed by atoms with Gasteiger partial charge in [0.05, 0.1) is 10.7 Å². The van der Waals surface area contributed by atoms with Gasteiger partial charge in [-0.05, 0) is 18.9 Å². The first-order chi connectivity index (χ1) is 10.1. The van der Waals surface area contributed by atoms with Gasteiger partial charge in [0.1, 0.15) is 0 Å². The van der Waals surface area contributed by atoms with Crippen LogP contribution in [0.4, 0.5) is 0 Å². The van der Waals surface area contributed by atoms with E-state index in [2.05, 4.69) is 63.3 Å². The van der Waals surface area contributed by atoms with E-state index in [1.165, 1.54) is 21.1 Å². The molecule has 0 aliphatic carbocycles. The smallest absolute Gasteiger partial charge is 0.0960 e. The Labute approximate surface area is 132 Å². The number of nitrogens with one attached hydrogen (secondary N) is 1. The maximum Gasteiger partial charge on any atom is 0.0960 e. The summed E-state index contributed by atoms with van der Waals surface area (Å²) in [7, 11) is 0. The Hall–Kier alpha value is -1.19. The third-order valence-electron chi connectivity index (χ3n) is 3.34. The van der Waals surface area contributed by atoms with Crippen molar-refractivity contribution in [3.63, 3.8) is 0 Å². The topological polar surface area (TPSA) is 24.9 Å². The molecule has 3 heteroatoms. The minimum absolute atomic E-state index is 0.495. The average Bonchev–Trinajstić information content (AvgIpc) is 2.89. The molecular formula is C18H26N2S. The van der Waals surface area contributed by atoms with E-state index in [0.29, 0.717) is 11.8 Å². The second kappa shape index (κ2) is 7.71. The van der Waals surface area contributed by atoms with Gasteiger partial charge in [-0.3, -0.25) is 0 Å². The summed E-state index contributed by atoms with van der Waals surface area (Å²) in [5.41, 5.74) is 2.41. The standard InChI is InChI=1S/C18H26N2S/c1-13(2)12-19-11-10-16-17(15-8-6-5-7-9-15)20-18(21-16)14(3)4/h5-9,13-14,19H,10-12H2,1-4H3. The minimum atomic E-state index is 0.495. The van der Waals surface area contributed by atoms with Gasteiger partial charge in [0.25, 0.3) is 0 Å². The summed E-state index contributed by atoms with van der Waals surface area (Å²) in [4.78, 5) is 6.29. The van der Waals surface area contributed by atoms with Crippen molar-refractivity contribution in [2.45, 2.75) is 40.0 Å². The SMILES string of the molecule is CC(C)CNCCc1sc(C(C)C)nc1-c1ccccc1. The first-order valence-corrected chi connectivity index (χ1v) is 8.65. The molecule has 1 N–H and O–H groups in total. The number of aromatic nitrogens is 1. The number of rotatable bonds is 7. The molecule has 2 aromatic rings. The van der Waals surface area contributed by atoms with Gasteiger partial charge in [0, 0.05) is 22.9 Å². The third-order valence-corrected chi connectivity index (χ3v) is 4.75. The molecular weight excluding hydrogens is 276 g/mol. The summed E-state index contributed by atoms with van der Waals surface area (Å²) >= 11 is 1.87. The molecule has 0 amide bonds. The van der Waals surface area contributed by atoms with Gasteiger partial charge in [-0.1, -0.05) is 58.0 Å². The molecule has 0 saturated heterocycles. The van der Waals surface area contributed by atoms with E-state index in [9.17, 15) is 0 Å². The molecule has 2 rings (SSSR count). The molecule has 0 aliphatic heterocycles. The summed E-state index contributed by atoms with van der Waals surface area (Å²) in [5, 5.41) is 4.77. The Morgan fingerprint density at radius 2 is 1.81 bits per heavy atom. The van der Waals surface area contributed by atoms with Crippen molar-refractivity contribution in [2.24, 2.45) is 5.92 Å². The van der Waals surface area contributed by atoms with E-state index in [1.54, 1.807) is 0 Å². The average molecular weight is 302 g/mol. The normalized spacial score (nSPS) is 11.5. The van der Waals surface area contributed by atoms with Crippen molar-refractivity contribution in [1.82, 2.24) is 10.3 Å².